The van der Waals surface area contributed by atoms with Crippen LogP contribution in [0.25, 0.3) is 56.4 Å². The molecule has 5 aromatic carbocycles. The standard InChI is InChI=1S/C51H59N3/c1-10-15-36(7)37-20-22-39(23-21-37)43-32-42(38-18-16-35(6)17-19-38)33-44(34-43)49-53-47(40-24-28-45(29-25-40)50(8,11-2)12-3)52-48(54-49)41-26-30-46(31-27-41)51(9,13-4)14-5/h16-34,36H,10-15H2,1-9H3. The highest BCUT2D eigenvalue weighted by Gasteiger charge is 2.24. The van der Waals surface area contributed by atoms with Gasteiger partial charge in [0.1, 0.15) is 0 Å². The highest BCUT2D eigenvalue weighted by Crippen LogP contribution is 2.37. The van der Waals surface area contributed by atoms with Crippen LogP contribution in [-0.4, -0.2) is 15.0 Å². The monoisotopic (exact) mass is 713 g/mol. The molecule has 1 unspecified atom stereocenters. The summed E-state index contributed by atoms with van der Waals surface area (Å²) in [4.78, 5) is 15.6. The molecule has 0 amide bonds. The lowest BCUT2D eigenvalue weighted by Crippen LogP contribution is -2.19. The van der Waals surface area contributed by atoms with Gasteiger partial charge in [-0.15, -0.1) is 0 Å². The van der Waals surface area contributed by atoms with Crippen LogP contribution in [0.5, 0.6) is 0 Å². The van der Waals surface area contributed by atoms with E-state index >= 15 is 0 Å². The average molecular weight is 714 g/mol. The molecule has 0 fully saturated rings. The van der Waals surface area contributed by atoms with Gasteiger partial charge >= 0.3 is 0 Å². The maximum atomic E-state index is 5.23. The summed E-state index contributed by atoms with van der Waals surface area (Å²) in [7, 11) is 0. The maximum Gasteiger partial charge on any atom is 0.164 e. The quantitative estimate of drug-likeness (QED) is 0.113. The van der Waals surface area contributed by atoms with Gasteiger partial charge < -0.3 is 0 Å². The van der Waals surface area contributed by atoms with Gasteiger partial charge in [-0.25, -0.2) is 15.0 Å². The van der Waals surface area contributed by atoms with Crippen LogP contribution in [0.2, 0.25) is 0 Å². The van der Waals surface area contributed by atoms with Crippen LogP contribution in [-0.2, 0) is 10.8 Å². The second-order valence-electron chi connectivity index (χ2n) is 16.0. The van der Waals surface area contributed by atoms with Crippen molar-refractivity contribution in [2.24, 2.45) is 0 Å². The summed E-state index contributed by atoms with van der Waals surface area (Å²) in [5.41, 5.74) is 13.2. The van der Waals surface area contributed by atoms with Crippen LogP contribution in [0.15, 0.2) is 115 Å². The van der Waals surface area contributed by atoms with Gasteiger partial charge in [-0.3, -0.25) is 0 Å². The van der Waals surface area contributed by atoms with Crippen molar-refractivity contribution in [3.8, 4) is 56.4 Å². The normalized spacial score (nSPS) is 12.5. The molecule has 0 N–H and O–H groups in total. The smallest absolute Gasteiger partial charge is 0.164 e. The van der Waals surface area contributed by atoms with Gasteiger partial charge in [0.25, 0.3) is 0 Å². The predicted molar refractivity (Wildman–Crippen MR) is 231 cm³/mol. The van der Waals surface area contributed by atoms with Crippen LogP contribution in [0.1, 0.15) is 122 Å². The third kappa shape index (κ3) is 8.26. The summed E-state index contributed by atoms with van der Waals surface area (Å²) in [5.74, 6) is 2.58. The molecule has 3 nitrogen and oxygen atoms in total. The Kier molecular flexibility index (Phi) is 12.0. The van der Waals surface area contributed by atoms with Gasteiger partial charge in [0.15, 0.2) is 17.5 Å². The van der Waals surface area contributed by atoms with Crippen LogP contribution in [0.3, 0.4) is 0 Å². The number of hydrogen-bond donors (Lipinski definition) is 0. The predicted octanol–water partition coefficient (Wildman–Crippen LogP) is 14.6. The van der Waals surface area contributed by atoms with Crippen LogP contribution >= 0.6 is 0 Å². The fourth-order valence-electron chi connectivity index (χ4n) is 7.56. The fraction of sp³-hybridized carbons (Fsp3) is 0.353. The number of benzene rings is 5. The first-order valence-electron chi connectivity index (χ1n) is 20.3. The van der Waals surface area contributed by atoms with E-state index in [4.69, 9.17) is 15.0 Å². The SMILES string of the molecule is CCCC(C)c1ccc(-c2cc(-c3ccc(C)cc3)cc(-c3nc(-c4ccc(C(C)(CC)CC)cc4)nc(-c4ccc(C(C)(CC)CC)cc4)n3)c2)cc1. The summed E-state index contributed by atoms with van der Waals surface area (Å²) in [6.45, 7) is 20.5. The summed E-state index contributed by atoms with van der Waals surface area (Å²) in [5, 5.41) is 0. The van der Waals surface area contributed by atoms with E-state index in [2.05, 4.69) is 178 Å². The Morgan fingerprint density at radius 2 is 0.796 bits per heavy atom. The van der Waals surface area contributed by atoms with E-state index in [1.165, 1.54) is 46.2 Å². The maximum absolute atomic E-state index is 5.23. The molecule has 0 radical (unpaired) electrons. The Labute approximate surface area is 325 Å². The van der Waals surface area contributed by atoms with Crippen molar-refractivity contribution in [3.05, 3.63) is 138 Å². The summed E-state index contributed by atoms with van der Waals surface area (Å²) >= 11 is 0. The van der Waals surface area contributed by atoms with Crippen LogP contribution < -0.4 is 0 Å². The Balaban J connectivity index is 1.52. The number of aryl methyl sites for hydroxylation is 1. The van der Waals surface area contributed by atoms with Gasteiger partial charge in [0.05, 0.1) is 0 Å². The van der Waals surface area contributed by atoms with Crippen molar-refractivity contribution in [2.45, 2.75) is 118 Å². The highest BCUT2D eigenvalue weighted by atomic mass is 15.0. The van der Waals surface area contributed by atoms with Gasteiger partial charge in [-0.1, -0.05) is 164 Å². The number of hydrogen-bond acceptors (Lipinski definition) is 3. The molecular weight excluding hydrogens is 655 g/mol. The molecule has 0 saturated heterocycles. The highest BCUT2D eigenvalue weighted by molar-refractivity contribution is 5.80. The first kappa shape index (κ1) is 38.8. The minimum absolute atomic E-state index is 0.139. The van der Waals surface area contributed by atoms with E-state index in [9.17, 15) is 0 Å². The lowest BCUT2D eigenvalue weighted by Gasteiger charge is -2.27. The van der Waals surface area contributed by atoms with Crippen molar-refractivity contribution < 1.29 is 0 Å². The Morgan fingerprint density at radius 3 is 1.19 bits per heavy atom. The van der Waals surface area contributed by atoms with E-state index in [1.807, 2.05) is 0 Å². The van der Waals surface area contributed by atoms with Crippen molar-refractivity contribution in [1.82, 2.24) is 15.0 Å². The lowest BCUT2D eigenvalue weighted by molar-refractivity contribution is 0.439. The first-order valence-corrected chi connectivity index (χ1v) is 20.3. The van der Waals surface area contributed by atoms with E-state index in [-0.39, 0.29) is 10.8 Å². The molecule has 6 aromatic rings. The third-order valence-corrected chi connectivity index (χ3v) is 12.5. The first-order chi connectivity index (χ1) is 26.0. The minimum Gasteiger partial charge on any atom is -0.208 e. The van der Waals surface area contributed by atoms with E-state index in [0.717, 1.165) is 53.5 Å². The Bertz CT molecular complexity index is 2050. The Hall–Kier alpha value is -4.89. The van der Waals surface area contributed by atoms with Crippen molar-refractivity contribution in [3.63, 3.8) is 0 Å². The molecule has 3 heteroatoms. The van der Waals surface area contributed by atoms with Crippen LogP contribution in [0.4, 0.5) is 0 Å². The zero-order valence-electron chi connectivity index (χ0n) is 34.1. The second-order valence-corrected chi connectivity index (χ2v) is 16.0. The van der Waals surface area contributed by atoms with E-state index < -0.39 is 0 Å². The van der Waals surface area contributed by atoms with Crippen molar-refractivity contribution in [1.29, 1.82) is 0 Å². The number of nitrogens with zero attached hydrogens (tertiary/aromatic N) is 3. The summed E-state index contributed by atoms with van der Waals surface area (Å²) < 4.78 is 0. The topological polar surface area (TPSA) is 38.7 Å². The molecule has 278 valence electrons. The largest absolute Gasteiger partial charge is 0.208 e. The molecule has 6 rings (SSSR count). The second kappa shape index (κ2) is 16.6. The molecule has 0 aliphatic heterocycles. The summed E-state index contributed by atoms with van der Waals surface area (Å²) in [6.07, 6.45) is 6.74. The summed E-state index contributed by atoms with van der Waals surface area (Å²) in [6, 6.07) is 42.5. The molecule has 1 atom stereocenters. The lowest BCUT2D eigenvalue weighted by atomic mass is 9.78. The third-order valence-electron chi connectivity index (χ3n) is 12.5. The van der Waals surface area contributed by atoms with Gasteiger partial charge in [-0.05, 0) is 113 Å². The van der Waals surface area contributed by atoms with Gasteiger partial charge in [0, 0.05) is 16.7 Å². The fourth-order valence-corrected chi connectivity index (χ4v) is 7.56. The zero-order chi connectivity index (χ0) is 38.5. The molecule has 0 bridgehead atoms. The molecule has 1 aromatic heterocycles. The molecule has 0 spiro atoms. The Morgan fingerprint density at radius 1 is 0.444 bits per heavy atom. The molecule has 0 saturated carbocycles. The average Bonchev–Trinajstić information content (AvgIpc) is 3.23. The van der Waals surface area contributed by atoms with Crippen molar-refractivity contribution in [2.75, 3.05) is 0 Å². The van der Waals surface area contributed by atoms with Crippen LogP contribution in [0, 0.1) is 6.92 Å². The number of aromatic nitrogens is 3. The van der Waals surface area contributed by atoms with Gasteiger partial charge in [0.2, 0.25) is 0 Å². The molecule has 0 aliphatic carbocycles. The van der Waals surface area contributed by atoms with E-state index in [0.29, 0.717) is 23.4 Å². The molecule has 1 heterocycles. The minimum atomic E-state index is 0.139. The number of rotatable bonds is 14. The zero-order valence-corrected chi connectivity index (χ0v) is 34.1. The molecule has 0 aliphatic rings. The van der Waals surface area contributed by atoms with Crippen molar-refractivity contribution >= 4 is 0 Å². The molecule has 54 heavy (non-hydrogen) atoms. The van der Waals surface area contributed by atoms with Gasteiger partial charge in [-0.2, -0.15) is 0 Å². The molecular formula is C51H59N3. The van der Waals surface area contributed by atoms with E-state index in [1.54, 1.807) is 0 Å².